The smallest absolute Gasteiger partial charge is 0.0940 e. The standard InChI is InChI=1S/C14H25N3S/c1-4-14(5-2)11-17(9-7-15-14)8-6-13-16-12(3)10-18-13/h10,15H,4-9,11H2,1-3H3. The molecule has 1 N–H and O–H groups in total. The first-order valence-corrected chi connectivity index (χ1v) is 7.94. The van der Waals surface area contributed by atoms with Crippen molar-refractivity contribution < 1.29 is 0 Å². The maximum Gasteiger partial charge on any atom is 0.0940 e. The first-order valence-electron chi connectivity index (χ1n) is 7.06. The minimum Gasteiger partial charge on any atom is -0.309 e. The van der Waals surface area contributed by atoms with Crippen molar-refractivity contribution in [1.82, 2.24) is 15.2 Å². The maximum absolute atomic E-state index is 4.55. The zero-order chi connectivity index (χ0) is 13.0. The van der Waals surface area contributed by atoms with Crippen LogP contribution >= 0.6 is 11.3 Å². The molecule has 3 nitrogen and oxygen atoms in total. The second-order valence-corrected chi connectivity index (χ2v) is 6.27. The Morgan fingerprint density at radius 1 is 1.44 bits per heavy atom. The van der Waals surface area contributed by atoms with Crippen LogP contribution in [0.5, 0.6) is 0 Å². The molecule has 0 saturated carbocycles. The summed E-state index contributed by atoms with van der Waals surface area (Å²) in [7, 11) is 0. The molecule has 0 atom stereocenters. The molecule has 1 aromatic heterocycles. The highest BCUT2D eigenvalue weighted by Crippen LogP contribution is 2.20. The van der Waals surface area contributed by atoms with Crippen molar-refractivity contribution in [1.29, 1.82) is 0 Å². The van der Waals surface area contributed by atoms with Crippen LogP contribution in [-0.4, -0.2) is 41.6 Å². The highest BCUT2D eigenvalue weighted by molar-refractivity contribution is 7.09. The average molecular weight is 267 g/mol. The van der Waals surface area contributed by atoms with Crippen molar-refractivity contribution in [2.75, 3.05) is 26.2 Å². The lowest BCUT2D eigenvalue weighted by atomic mass is 9.90. The molecular formula is C14H25N3S. The van der Waals surface area contributed by atoms with Gasteiger partial charge in [0.15, 0.2) is 0 Å². The maximum atomic E-state index is 4.55. The van der Waals surface area contributed by atoms with Crippen molar-refractivity contribution >= 4 is 11.3 Å². The van der Waals surface area contributed by atoms with E-state index in [9.17, 15) is 0 Å². The summed E-state index contributed by atoms with van der Waals surface area (Å²) >= 11 is 1.80. The third kappa shape index (κ3) is 3.31. The fraction of sp³-hybridized carbons (Fsp3) is 0.786. The highest BCUT2D eigenvalue weighted by atomic mass is 32.1. The molecule has 0 aromatic carbocycles. The number of rotatable bonds is 5. The quantitative estimate of drug-likeness (QED) is 0.888. The van der Waals surface area contributed by atoms with Crippen molar-refractivity contribution in [2.45, 2.75) is 45.6 Å². The number of nitrogens with one attached hydrogen (secondary N) is 1. The van der Waals surface area contributed by atoms with Gasteiger partial charge in [0.2, 0.25) is 0 Å². The van der Waals surface area contributed by atoms with Crippen LogP contribution in [0.25, 0.3) is 0 Å². The summed E-state index contributed by atoms with van der Waals surface area (Å²) in [5.74, 6) is 0. The van der Waals surface area contributed by atoms with Gasteiger partial charge >= 0.3 is 0 Å². The number of hydrogen-bond donors (Lipinski definition) is 1. The number of aryl methyl sites for hydroxylation is 1. The zero-order valence-corrected chi connectivity index (χ0v) is 12.6. The van der Waals surface area contributed by atoms with E-state index >= 15 is 0 Å². The highest BCUT2D eigenvalue weighted by Gasteiger charge is 2.31. The van der Waals surface area contributed by atoms with E-state index in [1.54, 1.807) is 11.3 Å². The van der Waals surface area contributed by atoms with E-state index < -0.39 is 0 Å². The minimum atomic E-state index is 0.344. The van der Waals surface area contributed by atoms with Gasteiger partial charge in [-0.2, -0.15) is 0 Å². The summed E-state index contributed by atoms with van der Waals surface area (Å²) < 4.78 is 0. The largest absolute Gasteiger partial charge is 0.309 e. The third-order valence-electron chi connectivity index (χ3n) is 4.12. The molecule has 1 aromatic rings. The molecule has 0 spiro atoms. The Labute approximate surface area is 115 Å². The van der Waals surface area contributed by atoms with Gasteiger partial charge in [-0.25, -0.2) is 4.98 Å². The van der Waals surface area contributed by atoms with Crippen molar-refractivity contribution in [2.24, 2.45) is 0 Å². The molecule has 0 radical (unpaired) electrons. The molecule has 1 aliphatic heterocycles. The number of nitrogens with zero attached hydrogens (tertiary/aromatic N) is 2. The lowest BCUT2D eigenvalue weighted by molar-refractivity contribution is 0.125. The molecule has 4 heteroatoms. The summed E-state index contributed by atoms with van der Waals surface area (Å²) in [6, 6.07) is 0. The van der Waals surface area contributed by atoms with E-state index in [0.717, 1.165) is 25.2 Å². The molecule has 0 unspecified atom stereocenters. The van der Waals surface area contributed by atoms with E-state index in [0.29, 0.717) is 5.54 Å². The van der Waals surface area contributed by atoms with Crippen LogP contribution in [0.1, 0.15) is 37.4 Å². The Morgan fingerprint density at radius 2 is 2.22 bits per heavy atom. The Balaban J connectivity index is 1.86. The molecule has 0 bridgehead atoms. The number of thiazole rings is 1. The fourth-order valence-electron chi connectivity index (χ4n) is 2.73. The zero-order valence-electron chi connectivity index (χ0n) is 11.8. The van der Waals surface area contributed by atoms with E-state index in [2.05, 4.69) is 41.4 Å². The van der Waals surface area contributed by atoms with Gasteiger partial charge in [-0.1, -0.05) is 13.8 Å². The van der Waals surface area contributed by atoms with Gasteiger partial charge in [0.05, 0.1) is 5.01 Å². The molecule has 2 heterocycles. The van der Waals surface area contributed by atoms with E-state index in [-0.39, 0.29) is 0 Å². The van der Waals surface area contributed by atoms with Gasteiger partial charge in [-0.05, 0) is 19.8 Å². The molecular weight excluding hydrogens is 242 g/mol. The van der Waals surface area contributed by atoms with Crippen LogP contribution in [0.3, 0.4) is 0 Å². The monoisotopic (exact) mass is 267 g/mol. The summed E-state index contributed by atoms with van der Waals surface area (Å²) in [5, 5.41) is 7.14. The first kappa shape index (κ1) is 14.0. The van der Waals surface area contributed by atoms with E-state index in [4.69, 9.17) is 0 Å². The Morgan fingerprint density at radius 3 is 2.83 bits per heavy atom. The predicted molar refractivity (Wildman–Crippen MR) is 78.3 cm³/mol. The third-order valence-corrected chi connectivity index (χ3v) is 5.14. The molecule has 102 valence electrons. The SMILES string of the molecule is CCC1(CC)CN(CCc2nc(C)cs2)CCN1. The van der Waals surface area contributed by atoms with Crippen molar-refractivity contribution in [3.8, 4) is 0 Å². The Kier molecular flexibility index (Phi) is 4.76. The lowest BCUT2D eigenvalue weighted by Gasteiger charge is -2.43. The van der Waals surface area contributed by atoms with Gasteiger partial charge in [0.25, 0.3) is 0 Å². The molecule has 2 rings (SSSR count). The van der Waals surface area contributed by atoms with Gasteiger partial charge in [0, 0.05) is 49.2 Å². The molecule has 1 fully saturated rings. The van der Waals surface area contributed by atoms with Crippen LogP contribution in [0.15, 0.2) is 5.38 Å². The summed E-state index contributed by atoms with van der Waals surface area (Å²) in [4.78, 5) is 7.15. The number of aromatic nitrogens is 1. The van der Waals surface area contributed by atoms with Crippen molar-refractivity contribution in [3.05, 3.63) is 16.1 Å². The van der Waals surface area contributed by atoms with Crippen LogP contribution in [0.2, 0.25) is 0 Å². The molecule has 1 saturated heterocycles. The number of hydrogen-bond acceptors (Lipinski definition) is 4. The van der Waals surface area contributed by atoms with Gasteiger partial charge < -0.3 is 5.32 Å². The Hall–Kier alpha value is -0.450. The molecule has 18 heavy (non-hydrogen) atoms. The molecule has 0 amide bonds. The second-order valence-electron chi connectivity index (χ2n) is 5.32. The van der Waals surface area contributed by atoms with Gasteiger partial charge in [-0.15, -0.1) is 11.3 Å². The summed E-state index contributed by atoms with van der Waals surface area (Å²) in [6.45, 7) is 11.3. The summed E-state index contributed by atoms with van der Waals surface area (Å²) in [6.07, 6.45) is 3.54. The minimum absolute atomic E-state index is 0.344. The van der Waals surface area contributed by atoms with Gasteiger partial charge in [-0.3, -0.25) is 4.90 Å². The van der Waals surface area contributed by atoms with Gasteiger partial charge in [0.1, 0.15) is 0 Å². The summed E-state index contributed by atoms with van der Waals surface area (Å²) in [5.41, 5.74) is 1.50. The Bertz CT molecular complexity index is 371. The molecule has 0 aliphatic carbocycles. The normalized spacial score (nSPS) is 20.2. The second kappa shape index (κ2) is 6.13. The van der Waals surface area contributed by atoms with E-state index in [1.807, 2.05) is 0 Å². The van der Waals surface area contributed by atoms with Crippen LogP contribution < -0.4 is 5.32 Å². The predicted octanol–water partition coefficient (Wildman–Crippen LogP) is 2.46. The molecule has 1 aliphatic rings. The average Bonchev–Trinajstić information content (AvgIpc) is 2.82. The van der Waals surface area contributed by atoms with Crippen LogP contribution in [0, 0.1) is 6.92 Å². The number of piperazine rings is 1. The van der Waals surface area contributed by atoms with Crippen molar-refractivity contribution in [3.63, 3.8) is 0 Å². The first-order chi connectivity index (χ1) is 8.67. The van der Waals surface area contributed by atoms with E-state index in [1.165, 1.54) is 30.9 Å². The fourth-order valence-corrected chi connectivity index (χ4v) is 3.49. The lowest BCUT2D eigenvalue weighted by Crippen LogP contribution is -2.60. The van der Waals surface area contributed by atoms with Crippen LogP contribution in [-0.2, 0) is 6.42 Å². The van der Waals surface area contributed by atoms with Crippen LogP contribution in [0.4, 0.5) is 0 Å². The topological polar surface area (TPSA) is 28.2 Å².